The molecule has 7 heteroatoms. The first kappa shape index (κ1) is 17.4. The molecular weight excluding hydrogens is 353 g/mol. The van der Waals surface area contributed by atoms with Crippen molar-refractivity contribution in [2.45, 2.75) is 17.7 Å². The largest absolute Gasteiger partial charge is 0.508 e. The van der Waals surface area contributed by atoms with E-state index in [1.54, 1.807) is 6.07 Å². The van der Waals surface area contributed by atoms with Gasteiger partial charge in [-0.25, -0.2) is 4.79 Å². The molecule has 0 amide bonds. The number of fused-ring (bicyclic) bond motifs is 1. The summed E-state index contributed by atoms with van der Waals surface area (Å²) in [5, 5.41) is 10.2. The second kappa shape index (κ2) is 6.84. The molecule has 0 fully saturated rings. The summed E-state index contributed by atoms with van der Waals surface area (Å²) >= 11 is 1.48. The Morgan fingerprint density at radius 3 is 2.40 bits per heavy atom. The Labute approximate surface area is 145 Å². The fourth-order valence-corrected chi connectivity index (χ4v) is 3.40. The average molecular weight is 366 g/mol. The van der Waals surface area contributed by atoms with Crippen LogP contribution in [0.15, 0.2) is 57.7 Å². The lowest BCUT2D eigenvalue weighted by Gasteiger charge is -2.08. The molecule has 0 radical (unpaired) electrons. The Bertz CT molecular complexity index is 946. The smallest absolute Gasteiger partial charge is 0.416 e. The van der Waals surface area contributed by atoms with Crippen LogP contribution >= 0.6 is 11.8 Å². The van der Waals surface area contributed by atoms with Gasteiger partial charge in [0.1, 0.15) is 11.3 Å². The van der Waals surface area contributed by atoms with Crippen LogP contribution in [0, 0.1) is 0 Å². The predicted octanol–water partition coefficient (Wildman–Crippen LogP) is 4.95. The third-order valence-electron chi connectivity index (χ3n) is 3.62. The molecule has 1 heterocycles. The fraction of sp³-hybridized carbons (Fsp3) is 0.167. The molecule has 0 aliphatic heterocycles. The second-order valence-corrected chi connectivity index (χ2v) is 6.44. The summed E-state index contributed by atoms with van der Waals surface area (Å²) in [5.74, 6) is 1.01. The molecule has 0 bridgehead atoms. The van der Waals surface area contributed by atoms with Gasteiger partial charge in [-0.2, -0.15) is 24.9 Å². The van der Waals surface area contributed by atoms with Crippen molar-refractivity contribution < 1.29 is 22.7 Å². The molecule has 0 unspecified atom stereocenters. The van der Waals surface area contributed by atoms with Gasteiger partial charge in [0.25, 0.3) is 0 Å². The van der Waals surface area contributed by atoms with Crippen molar-refractivity contribution in [3.8, 4) is 5.75 Å². The minimum Gasteiger partial charge on any atom is -0.508 e. The second-order valence-electron chi connectivity index (χ2n) is 5.46. The molecule has 0 aliphatic carbocycles. The highest BCUT2D eigenvalue weighted by Gasteiger charge is 2.29. The molecule has 0 atom stereocenters. The fourth-order valence-electron chi connectivity index (χ4n) is 2.41. The maximum atomic E-state index is 12.5. The number of benzene rings is 2. The summed E-state index contributed by atoms with van der Waals surface area (Å²) in [6.07, 6.45) is -4.34. The van der Waals surface area contributed by atoms with Crippen LogP contribution in [0.2, 0.25) is 0 Å². The van der Waals surface area contributed by atoms with E-state index >= 15 is 0 Å². The Balaban J connectivity index is 1.72. The van der Waals surface area contributed by atoms with Crippen LogP contribution in [0.25, 0.3) is 11.0 Å². The van der Waals surface area contributed by atoms with E-state index in [0.717, 1.165) is 28.6 Å². The van der Waals surface area contributed by atoms with Crippen molar-refractivity contribution in [2.24, 2.45) is 0 Å². The van der Waals surface area contributed by atoms with Crippen molar-refractivity contribution in [3.05, 3.63) is 75.6 Å². The van der Waals surface area contributed by atoms with Gasteiger partial charge in [0.15, 0.2) is 0 Å². The van der Waals surface area contributed by atoms with E-state index in [2.05, 4.69) is 0 Å². The molecule has 3 rings (SSSR count). The van der Waals surface area contributed by atoms with E-state index in [9.17, 15) is 23.1 Å². The third kappa shape index (κ3) is 4.17. The van der Waals surface area contributed by atoms with Crippen molar-refractivity contribution in [1.82, 2.24) is 0 Å². The Hall–Kier alpha value is -2.41. The van der Waals surface area contributed by atoms with Crippen LogP contribution in [0.1, 0.15) is 16.7 Å². The van der Waals surface area contributed by atoms with Gasteiger partial charge in [-0.05, 0) is 35.4 Å². The van der Waals surface area contributed by atoms with Crippen LogP contribution in [0.5, 0.6) is 5.75 Å². The molecule has 0 spiro atoms. The van der Waals surface area contributed by atoms with E-state index < -0.39 is 17.4 Å². The number of halogens is 3. The average Bonchev–Trinajstić information content (AvgIpc) is 2.54. The molecule has 0 saturated carbocycles. The van der Waals surface area contributed by atoms with Crippen molar-refractivity contribution in [1.29, 1.82) is 0 Å². The standard InChI is InChI=1S/C18H13F3O3S/c19-18(20,21)13-3-1-11(2-4-13)9-25-10-12-7-17(23)24-16-8-14(22)5-6-15(12)16/h1-8,22H,9-10H2. The topological polar surface area (TPSA) is 50.4 Å². The van der Waals surface area contributed by atoms with Crippen LogP contribution in [-0.4, -0.2) is 5.11 Å². The summed E-state index contributed by atoms with van der Waals surface area (Å²) in [4.78, 5) is 11.6. The molecule has 0 aliphatic rings. The highest BCUT2D eigenvalue weighted by atomic mass is 32.2. The van der Waals surface area contributed by atoms with Crippen LogP contribution in [0.3, 0.4) is 0 Å². The van der Waals surface area contributed by atoms with Gasteiger partial charge >= 0.3 is 11.8 Å². The normalized spacial score (nSPS) is 11.8. The minimum absolute atomic E-state index is 0.00482. The lowest BCUT2D eigenvalue weighted by Crippen LogP contribution is -2.04. The molecular formula is C18H13F3O3S. The first-order valence-corrected chi connectivity index (χ1v) is 8.48. The number of phenols is 1. The van der Waals surface area contributed by atoms with Crippen LogP contribution in [-0.2, 0) is 17.7 Å². The zero-order chi connectivity index (χ0) is 18.0. The summed E-state index contributed by atoms with van der Waals surface area (Å²) in [6, 6.07) is 11.0. The highest BCUT2D eigenvalue weighted by Crippen LogP contribution is 2.30. The first-order valence-electron chi connectivity index (χ1n) is 7.32. The number of phenolic OH excluding ortho intramolecular Hbond substituents is 1. The zero-order valence-electron chi connectivity index (χ0n) is 12.8. The van der Waals surface area contributed by atoms with E-state index in [1.165, 1.54) is 42.1 Å². The number of aromatic hydroxyl groups is 1. The molecule has 1 aromatic heterocycles. The van der Waals surface area contributed by atoms with Crippen LogP contribution < -0.4 is 5.63 Å². The number of hydrogen-bond acceptors (Lipinski definition) is 4. The summed E-state index contributed by atoms with van der Waals surface area (Å²) in [7, 11) is 0. The molecule has 3 aromatic rings. The Kier molecular flexibility index (Phi) is 4.76. The Morgan fingerprint density at radius 2 is 1.72 bits per heavy atom. The van der Waals surface area contributed by atoms with Gasteiger partial charge in [0, 0.05) is 29.0 Å². The quantitative estimate of drug-likeness (QED) is 0.664. The predicted molar refractivity (Wildman–Crippen MR) is 90.6 cm³/mol. The Morgan fingerprint density at radius 1 is 1.00 bits per heavy atom. The van der Waals surface area contributed by atoms with Gasteiger partial charge in [0.2, 0.25) is 0 Å². The van der Waals surface area contributed by atoms with E-state index in [1.807, 2.05) is 0 Å². The van der Waals surface area contributed by atoms with Gasteiger partial charge in [0.05, 0.1) is 5.56 Å². The number of rotatable bonds is 4. The van der Waals surface area contributed by atoms with Crippen molar-refractivity contribution >= 4 is 22.7 Å². The SMILES string of the molecule is O=c1cc(CSCc2ccc(C(F)(F)F)cc2)c2ccc(O)cc2o1. The van der Waals surface area contributed by atoms with Gasteiger partial charge in [-0.1, -0.05) is 12.1 Å². The van der Waals surface area contributed by atoms with Gasteiger partial charge in [-0.15, -0.1) is 0 Å². The van der Waals surface area contributed by atoms with Crippen molar-refractivity contribution in [3.63, 3.8) is 0 Å². The summed E-state index contributed by atoms with van der Waals surface area (Å²) in [6.45, 7) is 0. The molecule has 0 saturated heterocycles. The molecule has 130 valence electrons. The zero-order valence-corrected chi connectivity index (χ0v) is 13.7. The first-order chi connectivity index (χ1) is 11.8. The molecule has 25 heavy (non-hydrogen) atoms. The van der Waals surface area contributed by atoms with Gasteiger partial charge in [-0.3, -0.25) is 0 Å². The van der Waals surface area contributed by atoms with E-state index in [-0.39, 0.29) is 5.75 Å². The van der Waals surface area contributed by atoms with Crippen LogP contribution in [0.4, 0.5) is 13.2 Å². The third-order valence-corrected chi connectivity index (χ3v) is 4.67. The van der Waals surface area contributed by atoms with E-state index in [0.29, 0.717) is 17.1 Å². The van der Waals surface area contributed by atoms with Gasteiger partial charge < -0.3 is 9.52 Å². The van der Waals surface area contributed by atoms with Crippen molar-refractivity contribution in [2.75, 3.05) is 0 Å². The lowest BCUT2D eigenvalue weighted by atomic mass is 10.1. The van der Waals surface area contributed by atoms with E-state index in [4.69, 9.17) is 4.42 Å². The monoisotopic (exact) mass is 366 g/mol. The lowest BCUT2D eigenvalue weighted by molar-refractivity contribution is -0.137. The highest BCUT2D eigenvalue weighted by molar-refractivity contribution is 7.97. The molecule has 1 N–H and O–H groups in total. The summed E-state index contributed by atoms with van der Waals surface area (Å²) < 4.78 is 42.7. The number of alkyl halides is 3. The maximum Gasteiger partial charge on any atom is 0.416 e. The number of thioether (sulfide) groups is 1. The summed E-state index contributed by atoms with van der Waals surface area (Å²) in [5.41, 5.74) is 0.639. The number of hydrogen-bond donors (Lipinski definition) is 1. The molecule has 2 aromatic carbocycles. The maximum absolute atomic E-state index is 12.5. The minimum atomic E-state index is -4.34. The molecule has 3 nitrogen and oxygen atoms in total.